The van der Waals surface area contributed by atoms with Crippen LogP contribution in [0.1, 0.15) is 44.7 Å². The van der Waals surface area contributed by atoms with Crippen molar-refractivity contribution >= 4 is 0 Å². The monoisotopic (exact) mass is 344 g/mol. The van der Waals surface area contributed by atoms with E-state index in [0.29, 0.717) is 6.54 Å². The molecule has 0 aliphatic rings. The van der Waals surface area contributed by atoms with E-state index >= 15 is 0 Å². The number of aryl methyl sites for hydroxylation is 2. The summed E-state index contributed by atoms with van der Waals surface area (Å²) in [6.45, 7) is 9.07. The fourth-order valence-corrected chi connectivity index (χ4v) is 1.27. The smallest absolute Gasteiger partial charge is 0.0434 e. The maximum absolute atomic E-state index is 8.62. The van der Waals surface area contributed by atoms with Crippen molar-refractivity contribution in [2.24, 2.45) is 0 Å². The molecule has 3 nitrogen and oxygen atoms in total. The number of hydrogen-bond acceptors (Lipinski definition) is 3. The summed E-state index contributed by atoms with van der Waals surface area (Å²) >= 11 is 0. The third-order valence-electron chi connectivity index (χ3n) is 2.23. The molecule has 109 valence electrons. The average molecular weight is 344 g/mol. The Kier molecular flexibility index (Phi) is 26.2. The van der Waals surface area contributed by atoms with Crippen LogP contribution in [0.5, 0.6) is 0 Å². The van der Waals surface area contributed by atoms with Gasteiger partial charge in [0.05, 0.1) is 0 Å². The Morgan fingerprint density at radius 3 is 2.11 bits per heavy atom. The van der Waals surface area contributed by atoms with Gasteiger partial charge in [0.1, 0.15) is 0 Å². The Labute approximate surface area is 143 Å². The molecule has 1 aromatic carbocycles. The van der Waals surface area contributed by atoms with Crippen LogP contribution in [-0.4, -0.2) is 23.5 Å². The first-order chi connectivity index (χ1) is 8.76. The minimum atomic E-state index is 0. The largest absolute Gasteiger partial charge is 0.396 e. The van der Waals surface area contributed by atoms with Crippen LogP contribution in [0.4, 0.5) is 0 Å². The first-order valence-corrected chi connectivity index (χ1v) is 6.78. The molecular weight excluding hydrogens is 315 g/mol. The molecule has 3 N–H and O–H groups in total. The SMILES string of the molecule is CC.CCCNO.Cc1ccccc1CCCO.[Y]. The Bertz CT molecular complexity index is 268. The van der Waals surface area contributed by atoms with Crippen molar-refractivity contribution in [3.63, 3.8) is 0 Å². The zero-order valence-corrected chi connectivity index (χ0v) is 15.7. The van der Waals surface area contributed by atoms with Gasteiger partial charge >= 0.3 is 0 Å². The molecule has 1 aromatic rings. The Balaban J connectivity index is -0.000000275. The van der Waals surface area contributed by atoms with Crippen LogP contribution in [0, 0.1) is 6.92 Å². The number of hydroxylamine groups is 1. The number of hydrogen-bond donors (Lipinski definition) is 3. The molecule has 0 unspecified atom stereocenters. The number of nitrogens with one attached hydrogen (secondary N) is 1. The van der Waals surface area contributed by atoms with Crippen molar-refractivity contribution in [1.82, 2.24) is 5.48 Å². The van der Waals surface area contributed by atoms with Crippen LogP contribution in [0.15, 0.2) is 24.3 Å². The molecule has 4 heteroatoms. The van der Waals surface area contributed by atoms with Crippen molar-refractivity contribution in [2.45, 2.75) is 47.0 Å². The van der Waals surface area contributed by atoms with Gasteiger partial charge in [-0.15, -0.1) is 0 Å². The molecule has 0 aromatic heterocycles. The molecule has 1 radical (unpaired) electrons. The van der Waals surface area contributed by atoms with Crippen molar-refractivity contribution in [2.75, 3.05) is 13.2 Å². The van der Waals surface area contributed by atoms with E-state index in [0.717, 1.165) is 19.3 Å². The Hall–Kier alpha value is 0.204. The predicted octanol–water partition coefficient (Wildman–Crippen LogP) is 3.32. The molecule has 0 fully saturated rings. The molecule has 0 spiro atoms. The van der Waals surface area contributed by atoms with Crippen molar-refractivity contribution in [3.8, 4) is 0 Å². The molecule has 0 saturated heterocycles. The van der Waals surface area contributed by atoms with Gasteiger partial charge < -0.3 is 10.3 Å². The van der Waals surface area contributed by atoms with Crippen LogP contribution in [0.2, 0.25) is 0 Å². The molecule has 0 amide bonds. The second kappa shape index (κ2) is 20.5. The number of aliphatic hydroxyl groups is 1. The van der Waals surface area contributed by atoms with Crippen LogP contribution < -0.4 is 5.48 Å². The number of rotatable bonds is 5. The minimum absolute atomic E-state index is 0. The van der Waals surface area contributed by atoms with Crippen molar-refractivity contribution in [3.05, 3.63) is 35.4 Å². The van der Waals surface area contributed by atoms with Crippen LogP contribution in [-0.2, 0) is 39.1 Å². The summed E-state index contributed by atoms with van der Waals surface area (Å²) in [7, 11) is 0. The van der Waals surface area contributed by atoms with E-state index in [2.05, 4.69) is 19.1 Å². The molecule has 0 heterocycles. The topological polar surface area (TPSA) is 52.5 Å². The summed E-state index contributed by atoms with van der Waals surface area (Å²) in [4.78, 5) is 0. The van der Waals surface area contributed by atoms with Gasteiger partial charge in [-0.05, 0) is 37.3 Å². The fourth-order valence-electron chi connectivity index (χ4n) is 1.27. The minimum Gasteiger partial charge on any atom is -0.396 e. The summed E-state index contributed by atoms with van der Waals surface area (Å²) < 4.78 is 0. The molecule has 0 atom stereocenters. The summed E-state index contributed by atoms with van der Waals surface area (Å²) in [5.41, 5.74) is 4.69. The van der Waals surface area contributed by atoms with E-state index < -0.39 is 0 Å². The summed E-state index contributed by atoms with van der Waals surface area (Å²) in [6, 6.07) is 8.30. The standard InChI is InChI=1S/C10H14O.C3H9NO.C2H6.Y/c1-9-5-2-3-6-10(9)7-4-8-11;1-2-3-4-5;1-2;/h2-3,5-6,11H,4,7-8H2,1H3;4-5H,2-3H2,1H3;1-2H3;. The molecule has 1 rings (SSSR count). The van der Waals surface area contributed by atoms with Crippen molar-refractivity contribution < 1.29 is 43.0 Å². The molecule has 0 bridgehead atoms. The molecule has 0 saturated carbocycles. The molecule has 0 aliphatic carbocycles. The molecule has 0 aliphatic heterocycles. The van der Waals surface area contributed by atoms with Gasteiger partial charge in [0.25, 0.3) is 0 Å². The average Bonchev–Trinajstić information content (AvgIpc) is 2.42. The van der Waals surface area contributed by atoms with Gasteiger partial charge in [-0.2, -0.15) is 0 Å². The summed E-state index contributed by atoms with van der Waals surface area (Å²) in [5, 5.41) is 16.4. The van der Waals surface area contributed by atoms with E-state index in [1.807, 2.05) is 38.4 Å². The van der Waals surface area contributed by atoms with E-state index in [1.54, 1.807) is 0 Å². The summed E-state index contributed by atoms with van der Waals surface area (Å²) in [5.74, 6) is 0. The van der Waals surface area contributed by atoms with E-state index in [4.69, 9.17) is 10.3 Å². The van der Waals surface area contributed by atoms with E-state index in [-0.39, 0.29) is 39.3 Å². The Morgan fingerprint density at radius 1 is 1.16 bits per heavy atom. The maximum Gasteiger partial charge on any atom is 0.0434 e. The van der Waals surface area contributed by atoms with Gasteiger partial charge in [0.2, 0.25) is 0 Å². The van der Waals surface area contributed by atoms with Gasteiger partial charge in [-0.3, -0.25) is 0 Å². The number of benzene rings is 1. The second-order valence-electron chi connectivity index (χ2n) is 3.66. The first kappa shape index (κ1) is 24.2. The maximum atomic E-state index is 8.62. The van der Waals surface area contributed by atoms with Gasteiger partial charge in [-0.1, -0.05) is 45.0 Å². The molecular formula is C15H29NO2Y. The van der Waals surface area contributed by atoms with Crippen LogP contribution in [0.25, 0.3) is 0 Å². The van der Waals surface area contributed by atoms with Gasteiger partial charge in [-0.25, -0.2) is 5.48 Å². The molecule has 19 heavy (non-hydrogen) atoms. The van der Waals surface area contributed by atoms with E-state index in [9.17, 15) is 0 Å². The fraction of sp³-hybridized carbons (Fsp3) is 0.600. The zero-order chi connectivity index (χ0) is 14.2. The third kappa shape index (κ3) is 16.1. The third-order valence-corrected chi connectivity index (χ3v) is 2.23. The van der Waals surface area contributed by atoms with E-state index in [1.165, 1.54) is 11.1 Å². The quantitative estimate of drug-likeness (QED) is 0.719. The van der Waals surface area contributed by atoms with Crippen LogP contribution in [0.3, 0.4) is 0 Å². The van der Waals surface area contributed by atoms with Crippen LogP contribution >= 0.6 is 0 Å². The predicted molar refractivity (Wildman–Crippen MR) is 78.0 cm³/mol. The number of aliphatic hydroxyl groups excluding tert-OH is 1. The summed E-state index contributed by atoms with van der Waals surface area (Å²) in [6.07, 6.45) is 2.84. The normalized spacial score (nSPS) is 8.32. The van der Waals surface area contributed by atoms with Gasteiger partial charge in [0, 0.05) is 45.9 Å². The van der Waals surface area contributed by atoms with Gasteiger partial charge in [0.15, 0.2) is 0 Å². The first-order valence-electron chi connectivity index (χ1n) is 6.78. The van der Waals surface area contributed by atoms with Crippen molar-refractivity contribution in [1.29, 1.82) is 0 Å². The zero-order valence-electron chi connectivity index (χ0n) is 12.8. The second-order valence-corrected chi connectivity index (χ2v) is 3.66. The Morgan fingerprint density at radius 2 is 1.74 bits per heavy atom.